The highest BCUT2D eigenvalue weighted by atomic mass is 79.9. The summed E-state index contributed by atoms with van der Waals surface area (Å²) in [5, 5.41) is 9.62. The molecule has 1 N–H and O–H groups in total. The van der Waals surface area contributed by atoms with Gasteiger partial charge in [0.1, 0.15) is 0 Å². The van der Waals surface area contributed by atoms with Crippen LogP contribution in [0.15, 0.2) is 16.6 Å². The van der Waals surface area contributed by atoms with Crippen molar-refractivity contribution in [1.82, 2.24) is 0 Å². The summed E-state index contributed by atoms with van der Waals surface area (Å²) < 4.78 is 11.4. The third kappa shape index (κ3) is 1.58. The number of phenols is 1. The highest BCUT2D eigenvalue weighted by Gasteiger charge is 2.16. The van der Waals surface area contributed by atoms with Crippen LogP contribution < -0.4 is 9.47 Å². The molecule has 0 amide bonds. The molecule has 0 radical (unpaired) electrons. The van der Waals surface area contributed by atoms with Crippen LogP contribution in [0.5, 0.6) is 17.2 Å². The predicted molar refractivity (Wildman–Crippen MR) is 51.4 cm³/mol. The lowest BCUT2D eigenvalue weighted by Crippen LogP contribution is -1.97. The third-order valence-corrected chi connectivity index (χ3v) is 2.48. The van der Waals surface area contributed by atoms with E-state index in [9.17, 15) is 5.11 Å². The summed E-state index contributed by atoms with van der Waals surface area (Å²) in [4.78, 5) is 0. The number of phenolic OH excluding ortho intramolecular Hbond substituents is 1. The number of ether oxygens (including phenoxy) is 2. The number of aromatic hydroxyl groups is 1. The minimum absolute atomic E-state index is 0.111. The van der Waals surface area contributed by atoms with E-state index >= 15 is 0 Å². The van der Waals surface area contributed by atoms with Crippen molar-refractivity contribution in [2.24, 2.45) is 0 Å². The Morgan fingerprint density at radius 3 is 2.85 bits per heavy atom. The van der Waals surface area contributed by atoms with E-state index in [0.29, 0.717) is 29.2 Å². The Hall–Kier alpha value is -0.900. The van der Waals surface area contributed by atoms with Crippen LogP contribution in [0.25, 0.3) is 0 Å². The molecular formula is C9H9BrO3. The average molecular weight is 245 g/mol. The van der Waals surface area contributed by atoms with Crippen LogP contribution in [0.2, 0.25) is 0 Å². The Morgan fingerprint density at radius 1 is 1.23 bits per heavy atom. The molecule has 0 atom stereocenters. The molecule has 1 aliphatic heterocycles. The lowest BCUT2D eigenvalue weighted by atomic mass is 10.3. The van der Waals surface area contributed by atoms with E-state index in [-0.39, 0.29) is 5.75 Å². The number of hydrogen-bond donors (Lipinski definition) is 1. The summed E-state index contributed by atoms with van der Waals surface area (Å²) in [5.74, 6) is 1.16. The maximum Gasteiger partial charge on any atom is 0.204 e. The number of fused-ring (bicyclic) bond motifs is 1. The number of benzene rings is 1. The van der Waals surface area contributed by atoms with Crippen LogP contribution >= 0.6 is 15.9 Å². The van der Waals surface area contributed by atoms with Crippen molar-refractivity contribution >= 4 is 15.9 Å². The molecule has 0 bridgehead atoms. The molecule has 0 unspecified atom stereocenters. The van der Waals surface area contributed by atoms with Gasteiger partial charge in [-0.2, -0.15) is 0 Å². The van der Waals surface area contributed by atoms with Gasteiger partial charge in [0.2, 0.25) is 5.75 Å². The first kappa shape index (κ1) is 8.69. The average Bonchev–Trinajstić information content (AvgIpc) is 2.36. The fourth-order valence-electron chi connectivity index (χ4n) is 1.20. The molecule has 0 saturated carbocycles. The molecule has 0 saturated heterocycles. The summed E-state index contributed by atoms with van der Waals surface area (Å²) >= 11 is 3.21. The summed E-state index contributed by atoms with van der Waals surface area (Å²) in [6, 6.07) is 3.52. The molecule has 2 rings (SSSR count). The van der Waals surface area contributed by atoms with E-state index in [2.05, 4.69) is 15.9 Å². The minimum atomic E-state index is 0.111. The van der Waals surface area contributed by atoms with Crippen LogP contribution in [0.4, 0.5) is 0 Å². The van der Waals surface area contributed by atoms with Gasteiger partial charge in [0.05, 0.1) is 17.7 Å². The van der Waals surface area contributed by atoms with Crippen LogP contribution in [-0.2, 0) is 0 Å². The first-order valence-corrected chi connectivity index (χ1v) is 4.85. The highest BCUT2D eigenvalue weighted by molar-refractivity contribution is 9.10. The Labute approximate surface area is 84.4 Å². The molecule has 1 aliphatic rings. The third-order valence-electron chi connectivity index (χ3n) is 1.84. The Balaban J connectivity index is 2.48. The van der Waals surface area contributed by atoms with Crippen LogP contribution in [0.3, 0.4) is 0 Å². The van der Waals surface area contributed by atoms with E-state index in [1.54, 1.807) is 12.1 Å². The van der Waals surface area contributed by atoms with Gasteiger partial charge >= 0.3 is 0 Å². The lowest BCUT2D eigenvalue weighted by molar-refractivity contribution is 0.291. The normalized spacial score (nSPS) is 15.2. The van der Waals surface area contributed by atoms with Crippen molar-refractivity contribution in [2.45, 2.75) is 6.42 Å². The molecule has 0 aliphatic carbocycles. The molecule has 13 heavy (non-hydrogen) atoms. The SMILES string of the molecule is Oc1c(Br)ccc2c1OCCCO2. The Kier molecular flexibility index (Phi) is 2.31. The van der Waals surface area contributed by atoms with Gasteiger partial charge < -0.3 is 14.6 Å². The van der Waals surface area contributed by atoms with Gasteiger partial charge in [-0.15, -0.1) is 0 Å². The van der Waals surface area contributed by atoms with E-state index in [1.165, 1.54) is 0 Å². The van der Waals surface area contributed by atoms with Crippen molar-refractivity contribution in [3.05, 3.63) is 16.6 Å². The van der Waals surface area contributed by atoms with E-state index < -0.39 is 0 Å². The molecule has 0 spiro atoms. The van der Waals surface area contributed by atoms with Crippen LogP contribution in [-0.4, -0.2) is 18.3 Å². The first-order valence-electron chi connectivity index (χ1n) is 4.06. The molecule has 1 aromatic rings. The maximum absolute atomic E-state index is 9.62. The van der Waals surface area contributed by atoms with E-state index in [1.807, 2.05) is 0 Å². The number of halogens is 1. The van der Waals surface area contributed by atoms with Gasteiger partial charge in [0, 0.05) is 6.42 Å². The molecule has 0 aromatic heterocycles. The summed E-state index contributed by atoms with van der Waals surface area (Å²) in [7, 11) is 0. The molecule has 70 valence electrons. The van der Waals surface area contributed by atoms with Gasteiger partial charge in [-0.05, 0) is 28.1 Å². The predicted octanol–water partition coefficient (Wildman–Crippen LogP) is 2.32. The minimum Gasteiger partial charge on any atom is -0.503 e. The number of hydrogen-bond acceptors (Lipinski definition) is 3. The zero-order valence-electron chi connectivity index (χ0n) is 6.92. The van der Waals surface area contributed by atoms with Crippen molar-refractivity contribution < 1.29 is 14.6 Å². The van der Waals surface area contributed by atoms with Gasteiger partial charge in [-0.3, -0.25) is 0 Å². The van der Waals surface area contributed by atoms with Gasteiger partial charge in [-0.1, -0.05) is 0 Å². The van der Waals surface area contributed by atoms with Crippen LogP contribution in [0.1, 0.15) is 6.42 Å². The second-order valence-corrected chi connectivity index (χ2v) is 3.63. The molecule has 1 aromatic carbocycles. The topological polar surface area (TPSA) is 38.7 Å². The Bertz CT molecular complexity index is 325. The maximum atomic E-state index is 9.62. The zero-order valence-corrected chi connectivity index (χ0v) is 8.50. The summed E-state index contributed by atoms with van der Waals surface area (Å²) in [5.41, 5.74) is 0. The smallest absolute Gasteiger partial charge is 0.204 e. The quantitative estimate of drug-likeness (QED) is 0.762. The Morgan fingerprint density at radius 2 is 2.00 bits per heavy atom. The first-order chi connectivity index (χ1) is 6.29. The van der Waals surface area contributed by atoms with Gasteiger partial charge in [0.25, 0.3) is 0 Å². The van der Waals surface area contributed by atoms with Crippen LogP contribution in [0, 0.1) is 0 Å². The van der Waals surface area contributed by atoms with Crippen molar-refractivity contribution in [2.75, 3.05) is 13.2 Å². The fourth-order valence-corrected chi connectivity index (χ4v) is 1.51. The standard InChI is InChI=1S/C9H9BrO3/c10-6-2-3-7-9(8(6)11)13-5-1-4-12-7/h2-3,11H,1,4-5H2. The number of rotatable bonds is 0. The van der Waals surface area contributed by atoms with E-state index in [0.717, 1.165) is 6.42 Å². The summed E-state index contributed by atoms with van der Waals surface area (Å²) in [6.07, 6.45) is 0.839. The molecule has 0 fully saturated rings. The molecule has 1 heterocycles. The van der Waals surface area contributed by atoms with Crippen molar-refractivity contribution in [3.63, 3.8) is 0 Å². The lowest BCUT2D eigenvalue weighted by Gasteiger charge is -2.09. The zero-order chi connectivity index (χ0) is 9.26. The highest BCUT2D eigenvalue weighted by Crippen LogP contribution is 2.42. The monoisotopic (exact) mass is 244 g/mol. The molecular weight excluding hydrogens is 236 g/mol. The van der Waals surface area contributed by atoms with Crippen molar-refractivity contribution in [1.29, 1.82) is 0 Å². The molecule has 3 nitrogen and oxygen atoms in total. The fraction of sp³-hybridized carbons (Fsp3) is 0.333. The second kappa shape index (κ2) is 3.46. The molecule has 4 heteroatoms. The largest absolute Gasteiger partial charge is 0.503 e. The van der Waals surface area contributed by atoms with E-state index in [4.69, 9.17) is 9.47 Å². The second-order valence-electron chi connectivity index (χ2n) is 2.77. The van der Waals surface area contributed by atoms with Gasteiger partial charge in [0.15, 0.2) is 11.5 Å². The van der Waals surface area contributed by atoms with Crippen molar-refractivity contribution in [3.8, 4) is 17.2 Å². The van der Waals surface area contributed by atoms with Gasteiger partial charge in [-0.25, -0.2) is 0 Å². The summed E-state index contributed by atoms with van der Waals surface area (Å²) in [6.45, 7) is 1.21.